The largest absolute Gasteiger partial charge is 0.384 e. The Morgan fingerprint density at radius 2 is 1.70 bits per heavy atom. The normalized spacial score (nSPS) is 20.0. The van der Waals surface area contributed by atoms with Crippen LogP contribution in [0.2, 0.25) is 0 Å². The van der Waals surface area contributed by atoms with Crippen LogP contribution >= 0.6 is 0 Å². The van der Waals surface area contributed by atoms with E-state index in [2.05, 4.69) is 22.2 Å². The van der Waals surface area contributed by atoms with Gasteiger partial charge in [0.25, 0.3) is 0 Å². The zero-order chi connectivity index (χ0) is 17.1. The summed E-state index contributed by atoms with van der Waals surface area (Å²) in [4.78, 5) is 17.1. The predicted octanol–water partition coefficient (Wildman–Crippen LogP) is 1.04. The molecule has 0 aromatic heterocycles. The van der Waals surface area contributed by atoms with E-state index in [1.807, 2.05) is 44.2 Å². The van der Waals surface area contributed by atoms with E-state index in [4.69, 9.17) is 0 Å². The highest BCUT2D eigenvalue weighted by Crippen LogP contribution is 2.21. The molecule has 1 heterocycles. The molecule has 0 aliphatic carbocycles. The second-order valence-electron chi connectivity index (χ2n) is 7.17. The summed E-state index contributed by atoms with van der Waals surface area (Å²) in [5, 5.41) is 13.5. The molecule has 1 aliphatic heterocycles. The Bertz CT molecular complexity index is 520. The molecule has 1 saturated heterocycles. The van der Waals surface area contributed by atoms with E-state index in [1.165, 1.54) is 0 Å². The average molecular weight is 319 g/mol. The van der Waals surface area contributed by atoms with Gasteiger partial charge in [-0.2, -0.15) is 0 Å². The van der Waals surface area contributed by atoms with Crippen molar-refractivity contribution in [2.45, 2.75) is 31.9 Å². The summed E-state index contributed by atoms with van der Waals surface area (Å²) in [7, 11) is 2.10. The molecule has 2 N–H and O–H groups in total. The lowest BCUT2D eigenvalue weighted by Gasteiger charge is -2.42. The number of piperazine rings is 1. The van der Waals surface area contributed by atoms with Gasteiger partial charge in [-0.3, -0.25) is 9.69 Å². The molecule has 1 amide bonds. The lowest BCUT2D eigenvalue weighted by molar-refractivity contribution is -0.134. The topological polar surface area (TPSA) is 55.8 Å². The standard InChI is InChI=1S/C18H29N3O2/c1-17(2,21-12-10-20(4)11-13-21)16(22)19-14-18(3,23)15-8-6-5-7-9-15/h5-9,23H,10-14H2,1-4H3,(H,19,22). The molecule has 0 saturated carbocycles. The van der Waals surface area contributed by atoms with E-state index in [9.17, 15) is 9.90 Å². The summed E-state index contributed by atoms with van der Waals surface area (Å²) in [6, 6.07) is 9.43. The summed E-state index contributed by atoms with van der Waals surface area (Å²) >= 11 is 0. The maximum atomic E-state index is 12.6. The Balaban J connectivity index is 1.95. The number of carbonyl (C=O) groups excluding carboxylic acids is 1. The maximum absolute atomic E-state index is 12.6. The molecule has 0 spiro atoms. The van der Waals surface area contributed by atoms with Gasteiger partial charge in [0, 0.05) is 26.2 Å². The first-order valence-corrected chi connectivity index (χ1v) is 8.23. The SMILES string of the molecule is CN1CCN(C(C)(C)C(=O)NCC(C)(O)c2ccccc2)CC1. The van der Waals surface area contributed by atoms with E-state index in [0.717, 1.165) is 31.7 Å². The molecule has 128 valence electrons. The van der Waals surface area contributed by atoms with Gasteiger partial charge in [0.15, 0.2) is 0 Å². The van der Waals surface area contributed by atoms with Crippen molar-refractivity contribution in [1.29, 1.82) is 0 Å². The third-order valence-corrected chi connectivity index (χ3v) is 4.84. The number of carbonyl (C=O) groups is 1. The Morgan fingerprint density at radius 1 is 1.13 bits per heavy atom. The van der Waals surface area contributed by atoms with Crippen LogP contribution in [0.4, 0.5) is 0 Å². The first kappa shape index (κ1) is 17.9. The van der Waals surface area contributed by atoms with Crippen LogP contribution in [-0.4, -0.2) is 66.1 Å². The summed E-state index contributed by atoms with van der Waals surface area (Å²) in [5.41, 5.74) is -0.846. The zero-order valence-corrected chi connectivity index (χ0v) is 14.7. The van der Waals surface area contributed by atoms with Gasteiger partial charge in [0.2, 0.25) is 5.91 Å². The summed E-state index contributed by atoms with van der Waals surface area (Å²) in [5.74, 6) is -0.0433. The third kappa shape index (κ3) is 4.31. The van der Waals surface area contributed by atoms with Crippen LogP contribution in [0.25, 0.3) is 0 Å². The van der Waals surface area contributed by atoms with Gasteiger partial charge in [-0.1, -0.05) is 30.3 Å². The van der Waals surface area contributed by atoms with Gasteiger partial charge >= 0.3 is 0 Å². The smallest absolute Gasteiger partial charge is 0.240 e. The monoisotopic (exact) mass is 319 g/mol. The molecule has 23 heavy (non-hydrogen) atoms. The van der Waals surface area contributed by atoms with Crippen molar-refractivity contribution in [3.63, 3.8) is 0 Å². The minimum atomic E-state index is -1.07. The molecule has 5 nitrogen and oxygen atoms in total. The van der Waals surface area contributed by atoms with E-state index >= 15 is 0 Å². The van der Waals surface area contributed by atoms with Gasteiger partial charge in [-0.25, -0.2) is 0 Å². The molecule has 1 aromatic carbocycles. The lowest BCUT2D eigenvalue weighted by Crippen LogP contribution is -2.60. The number of benzene rings is 1. The Labute approximate surface area is 139 Å². The van der Waals surface area contributed by atoms with Crippen LogP contribution in [-0.2, 0) is 10.4 Å². The first-order chi connectivity index (χ1) is 10.7. The molecule has 1 atom stereocenters. The van der Waals surface area contributed by atoms with Crippen LogP contribution in [0, 0.1) is 0 Å². The third-order valence-electron chi connectivity index (χ3n) is 4.84. The predicted molar refractivity (Wildman–Crippen MR) is 92.2 cm³/mol. The molecular formula is C18H29N3O2. The molecule has 1 aliphatic rings. The Morgan fingerprint density at radius 3 is 2.26 bits per heavy atom. The number of aliphatic hydroxyl groups is 1. The second kappa shape index (κ2) is 6.99. The van der Waals surface area contributed by atoms with Crippen molar-refractivity contribution in [3.8, 4) is 0 Å². The number of likely N-dealkylation sites (N-methyl/N-ethyl adjacent to an activating group) is 1. The summed E-state index contributed by atoms with van der Waals surface area (Å²) in [6.45, 7) is 9.53. The van der Waals surface area contributed by atoms with Gasteiger partial charge in [0.05, 0.1) is 12.1 Å². The van der Waals surface area contributed by atoms with E-state index < -0.39 is 11.1 Å². The van der Waals surface area contributed by atoms with E-state index in [0.29, 0.717) is 0 Å². The fourth-order valence-electron chi connectivity index (χ4n) is 2.88. The van der Waals surface area contributed by atoms with Crippen molar-refractivity contribution in [1.82, 2.24) is 15.1 Å². The van der Waals surface area contributed by atoms with Crippen LogP contribution in [0.1, 0.15) is 26.3 Å². The van der Waals surface area contributed by atoms with Gasteiger partial charge < -0.3 is 15.3 Å². The van der Waals surface area contributed by atoms with Gasteiger partial charge in [-0.05, 0) is 33.4 Å². The first-order valence-electron chi connectivity index (χ1n) is 8.23. The van der Waals surface area contributed by atoms with Crippen molar-refractivity contribution in [2.24, 2.45) is 0 Å². The van der Waals surface area contributed by atoms with Crippen molar-refractivity contribution >= 4 is 5.91 Å². The quantitative estimate of drug-likeness (QED) is 0.851. The van der Waals surface area contributed by atoms with E-state index in [-0.39, 0.29) is 12.5 Å². The number of hydrogen-bond acceptors (Lipinski definition) is 4. The highest BCUT2D eigenvalue weighted by atomic mass is 16.3. The zero-order valence-electron chi connectivity index (χ0n) is 14.7. The van der Waals surface area contributed by atoms with Crippen molar-refractivity contribution in [2.75, 3.05) is 39.8 Å². The molecule has 1 unspecified atom stereocenters. The number of rotatable bonds is 5. The Kier molecular flexibility index (Phi) is 5.45. The lowest BCUT2D eigenvalue weighted by atomic mass is 9.95. The number of amides is 1. The number of hydrogen-bond donors (Lipinski definition) is 2. The van der Waals surface area contributed by atoms with E-state index in [1.54, 1.807) is 6.92 Å². The van der Waals surface area contributed by atoms with Crippen LogP contribution in [0.5, 0.6) is 0 Å². The number of nitrogens with zero attached hydrogens (tertiary/aromatic N) is 2. The molecule has 2 rings (SSSR count). The molecule has 1 aromatic rings. The molecule has 5 heteroatoms. The second-order valence-corrected chi connectivity index (χ2v) is 7.17. The van der Waals surface area contributed by atoms with Crippen molar-refractivity contribution in [3.05, 3.63) is 35.9 Å². The van der Waals surface area contributed by atoms with Crippen LogP contribution in [0.15, 0.2) is 30.3 Å². The average Bonchev–Trinajstić information content (AvgIpc) is 2.54. The highest BCUT2D eigenvalue weighted by molar-refractivity contribution is 5.85. The minimum absolute atomic E-state index is 0.0433. The number of nitrogens with one attached hydrogen (secondary N) is 1. The minimum Gasteiger partial charge on any atom is -0.384 e. The molecular weight excluding hydrogens is 290 g/mol. The summed E-state index contributed by atoms with van der Waals surface area (Å²) < 4.78 is 0. The highest BCUT2D eigenvalue weighted by Gasteiger charge is 2.36. The van der Waals surface area contributed by atoms with Crippen molar-refractivity contribution < 1.29 is 9.90 Å². The molecule has 0 radical (unpaired) electrons. The summed E-state index contributed by atoms with van der Waals surface area (Å²) in [6.07, 6.45) is 0. The van der Waals surface area contributed by atoms with Crippen LogP contribution < -0.4 is 5.32 Å². The maximum Gasteiger partial charge on any atom is 0.240 e. The molecule has 1 fully saturated rings. The fourth-order valence-corrected chi connectivity index (χ4v) is 2.88. The van der Waals surface area contributed by atoms with Crippen LogP contribution in [0.3, 0.4) is 0 Å². The Hall–Kier alpha value is -1.43. The fraction of sp³-hybridized carbons (Fsp3) is 0.611. The molecule has 0 bridgehead atoms. The van der Waals surface area contributed by atoms with Gasteiger partial charge in [0.1, 0.15) is 5.60 Å². The van der Waals surface area contributed by atoms with Gasteiger partial charge in [-0.15, -0.1) is 0 Å².